The van der Waals surface area contributed by atoms with Gasteiger partial charge in [-0.3, -0.25) is 0 Å². The monoisotopic (exact) mass is 228 g/mol. The number of hydrogen-bond donors (Lipinski definition) is 0. The van der Waals surface area contributed by atoms with Crippen LogP contribution in [0.25, 0.3) is 0 Å². The van der Waals surface area contributed by atoms with Crippen LogP contribution in [0, 0.1) is 0 Å². The third kappa shape index (κ3) is 1.85. The van der Waals surface area contributed by atoms with Gasteiger partial charge in [-0.25, -0.2) is 4.79 Å². The first-order valence-corrected chi connectivity index (χ1v) is 4.77. The second kappa shape index (κ2) is 3.98. The van der Waals surface area contributed by atoms with E-state index in [1.807, 2.05) is 0 Å². The summed E-state index contributed by atoms with van der Waals surface area (Å²) in [4.78, 5) is 11.3. The maximum absolute atomic E-state index is 11.3. The summed E-state index contributed by atoms with van der Waals surface area (Å²) in [5.41, 5.74) is 0.281. The van der Waals surface area contributed by atoms with Crippen LogP contribution in [0.2, 0.25) is 5.02 Å². The summed E-state index contributed by atoms with van der Waals surface area (Å²) >= 11 is 5.90. The molecule has 0 spiro atoms. The predicted octanol–water partition coefficient (Wildman–Crippen LogP) is 1.90. The Morgan fingerprint density at radius 2 is 1.93 bits per heavy atom. The highest BCUT2D eigenvalue weighted by molar-refractivity contribution is 6.33. The van der Waals surface area contributed by atoms with Crippen LogP contribution in [0.15, 0.2) is 12.1 Å². The number of ether oxygens (including phenoxy) is 3. The van der Waals surface area contributed by atoms with E-state index >= 15 is 0 Å². The SMILES string of the molecule is COC(=O)c1cc2c(cc1Cl)OCCO2. The van der Waals surface area contributed by atoms with Crippen LogP contribution in [0.5, 0.6) is 11.5 Å². The Morgan fingerprint density at radius 3 is 2.53 bits per heavy atom. The molecule has 1 heterocycles. The second-order valence-electron chi connectivity index (χ2n) is 2.97. The highest BCUT2D eigenvalue weighted by Gasteiger charge is 2.18. The molecular formula is C10H9ClO4. The van der Waals surface area contributed by atoms with Crippen LogP contribution < -0.4 is 9.47 Å². The number of carbonyl (C=O) groups excluding carboxylic acids is 1. The number of benzene rings is 1. The molecule has 1 aromatic carbocycles. The summed E-state index contributed by atoms with van der Waals surface area (Å²) in [5.74, 6) is 0.585. The molecule has 1 aromatic rings. The van der Waals surface area contributed by atoms with Crippen LogP contribution >= 0.6 is 11.6 Å². The van der Waals surface area contributed by atoms with Crippen molar-refractivity contribution >= 4 is 17.6 Å². The lowest BCUT2D eigenvalue weighted by Gasteiger charge is -2.19. The Balaban J connectivity index is 2.44. The zero-order valence-corrected chi connectivity index (χ0v) is 8.84. The smallest absolute Gasteiger partial charge is 0.339 e. The minimum atomic E-state index is -0.489. The van der Waals surface area contributed by atoms with Crippen molar-refractivity contribution in [2.45, 2.75) is 0 Å². The van der Waals surface area contributed by atoms with Crippen molar-refractivity contribution in [3.8, 4) is 11.5 Å². The van der Waals surface area contributed by atoms with Crippen molar-refractivity contribution in [1.82, 2.24) is 0 Å². The fraction of sp³-hybridized carbons (Fsp3) is 0.300. The summed E-state index contributed by atoms with van der Waals surface area (Å²) in [6.07, 6.45) is 0. The highest BCUT2D eigenvalue weighted by Crippen LogP contribution is 2.35. The largest absolute Gasteiger partial charge is 0.486 e. The molecule has 0 fully saturated rings. The van der Waals surface area contributed by atoms with Gasteiger partial charge in [0.2, 0.25) is 0 Å². The van der Waals surface area contributed by atoms with Gasteiger partial charge in [-0.2, -0.15) is 0 Å². The Hall–Kier alpha value is -1.42. The lowest BCUT2D eigenvalue weighted by Crippen LogP contribution is -2.16. The van der Waals surface area contributed by atoms with Gasteiger partial charge in [-0.1, -0.05) is 11.6 Å². The van der Waals surface area contributed by atoms with E-state index < -0.39 is 5.97 Å². The summed E-state index contributed by atoms with van der Waals surface area (Å²) < 4.78 is 15.2. The van der Waals surface area contributed by atoms with Crippen molar-refractivity contribution in [3.63, 3.8) is 0 Å². The molecule has 0 saturated carbocycles. The number of hydrogen-bond acceptors (Lipinski definition) is 4. The van der Waals surface area contributed by atoms with Crippen LogP contribution in [0.1, 0.15) is 10.4 Å². The van der Waals surface area contributed by atoms with E-state index in [-0.39, 0.29) is 5.56 Å². The van der Waals surface area contributed by atoms with Crippen molar-refractivity contribution in [2.24, 2.45) is 0 Å². The molecule has 0 aliphatic carbocycles. The van der Waals surface area contributed by atoms with E-state index in [1.54, 1.807) is 6.07 Å². The normalized spacial score (nSPS) is 13.5. The summed E-state index contributed by atoms with van der Waals surface area (Å²) in [7, 11) is 1.30. The zero-order valence-electron chi connectivity index (χ0n) is 8.08. The van der Waals surface area contributed by atoms with Gasteiger partial charge in [-0.05, 0) is 0 Å². The molecule has 15 heavy (non-hydrogen) atoms. The first-order valence-electron chi connectivity index (χ1n) is 4.40. The molecule has 2 rings (SSSR count). The fourth-order valence-electron chi connectivity index (χ4n) is 1.33. The number of rotatable bonds is 1. The first-order chi connectivity index (χ1) is 7.22. The molecule has 80 valence electrons. The Kier molecular flexibility index (Phi) is 2.68. The van der Waals surface area contributed by atoms with Crippen molar-refractivity contribution < 1.29 is 19.0 Å². The third-order valence-electron chi connectivity index (χ3n) is 2.04. The number of esters is 1. The number of halogens is 1. The number of fused-ring (bicyclic) bond motifs is 1. The molecule has 0 atom stereocenters. The fourth-order valence-corrected chi connectivity index (χ4v) is 1.56. The van der Waals surface area contributed by atoms with Crippen LogP contribution in [0.4, 0.5) is 0 Å². The third-order valence-corrected chi connectivity index (χ3v) is 2.35. The molecule has 4 nitrogen and oxygen atoms in total. The molecule has 5 heteroatoms. The van der Waals surface area contributed by atoms with Crippen LogP contribution in [-0.4, -0.2) is 26.3 Å². The average molecular weight is 229 g/mol. The van der Waals surface area contributed by atoms with Gasteiger partial charge >= 0.3 is 5.97 Å². The average Bonchev–Trinajstić information content (AvgIpc) is 2.27. The summed E-state index contributed by atoms with van der Waals surface area (Å²) in [6, 6.07) is 3.09. The number of methoxy groups -OCH3 is 1. The van der Waals surface area contributed by atoms with Crippen molar-refractivity contribution in [3.05, 3.63) is 22.7 Å². The van der Waals surface area contributed by atoms with Gasteiger partial charge in [0.15, 0.2) is 11.5 Å². The van der Waals surface area contributed by atoms with E-state index in [0.717, 1.165) is 0 Å². The predicted molar refractivity (Wildman–Crippen MR) is 53.8 cm³/mol. The second-order valence-corrected chi connectivity index (χ2v) is 3.37. The minimum Gasteiger partial charge on any atom is -0.486 e. The molecule has 0 radical (unpaired) electrons. The molecule has 0 aromatic heterocycles. The molecule has 0 bridgehead atoms. The van der Waals surface area contributed by atoms with Crippen molar-refractivity contribution in [1.29, 1.82) is 0 Å². The zero-order chi connectivity index (χ0) is 10.8. The standard InChI is InChI=1S/C10H9ClO4/c1-13-10(12)6-4-8-9(5-7(6)11)15-3-2-14-8/h4-5H,2-3H2,1H3. The maximum Gasteiger partial charge on any atom is 0.339 e. The van der Waals surface area contributed by atoms with Gasteiger partial charge in [0.05, 0.1) is 17.7 Å². The maximum atomic E-state index is 11.3. The molecule has 0 saturated heterocycles. The molecule has 0 amide bonds. The van der Waals surface area contributed by atoms with Gasteiger partial charge < -0.3 is 14.2 Å². The van der Waals surface area contributed by atoms with E-state index in [0.29, 0.717) is 29.7 Å². The highest BCUT2D eigenvalue weighted by atomic mass is 35.5. The molecule has 0 N–H and O–H groups in total. The van der Waals surface area contributed by atoms with E-state index in [1.165, 1.54) is 13.2 Å². The Labute approximate surface area is 91.7 Å². The minimum absolute atomic E-state index is 0.281. The Morgan fingerprint density at radius 1 is 1.33 bits per heavy atom. The lowest BCUT2D eigenvalue weighted by molar-refractivity contribution is 0.0600. The van der Waals surface area contributed by atoms with Gasteiger partial charge in [-0.15, -0.1) is 0 Å². The molecule has 1 aliphatic heterocycles. The van der Waals surface area contributed by atoms with E-state index in [4.69, 9.17) is 21.1 Å². The quantitative estimate of drug-likeness (QED) is 0.689. The number of carbonyl (C=O) groups is 1. The van der Waals surface area contributed by atoms with Gasteiger partial charge in [0.25, 0.3) is 0 Å². The first kappa shape index (κ1) is 10.1. The van der Waals surface area contributed by atoms with Crippen LogP contribution in [-0.2, 0) is 4.74 Å². The molecular weight excluding hydrogens is 220 g/mol. The topological polar surface area (TPSA) is 44.8 Å². The summed E-state index contributed by atoms with van der Waals surface area (Å²) in [5, 5.41) is 0.297. The van der Waals surface area contributed by atoms with Crippen LogP contribution in [0.3, 0.4) is 0 Å². The Bertz CT molecular complexity index is 403. The summed E-state index contributed by atoms with van der Waals surface area (Å²) in [6.45, 7) is 0.955. The lowest BCUT2D eigenvalue weighted by atomic mass is 10.2. The molecule has 0 unspecified atom stereocenters. The van der Waals surface area contributed by atoms with Gasteiger partial charge in [0.1, 0.15) is 13.2 Å². The van der Waals surface area contributed by atoms with E-state index in [9.17, 15) is 4.79 Å². The van der Waals surface area contributed by atoms with E-state index in [2.05, 4.69) is 4.74 Å². The van der Waals surface area contributed by atoms with Crippen molar-refractivity contribution in [2.75, 3.05) is 20.3 Å². The van der Waals surface area contributed by atoms with Gasteiger partial charge in [0, 0.05) is 12.1 Å². The molecule has 1 aliphatic rings.